The molecule has 2 N–H and O–H groups in total. The van der Waals surface area contributed by atoms with E-state index in [1.54, 1.807) is 32.2 Å². The van der Waals surface area contributed by atoms with Crippen molar-refractivity contribution in [3.63, 3.8) is 0 Å². The number of halogens is 1. The van der Waals surface area contributed by atoms with Crippen LogP contribution < -0.4 is 10.6 Å². The minimum atomic E-state index is -3.63. The molecular weight excluding hydrogens is 447 g/mol. The van der Waals surface area contributed by atoms with Crippen LogP contribution in [-0.4, -0.2) is 62.7 Å². The van der Waals surface area contributed by atoms with E-state index < -0.39 is 15.8 Å². The van der Waals surface area contributed by atoms with E-state index in [4.69, 9.17) is 0 Å². The Kier molecular flexibility index (Phi) is 8.17. The maximum absolute atomic E-state index is 13.2. The number of nitrogens with zero attached hydrogens (tertiary/aromatic N) is 2. The molecule has 0 aromatic heterocycles. The van der Waals surface area contributed by atoms with Gasteiger partial charge >= 0.3 is 0 Å². The highest BCUT2D eigenvalue weighted by molar-refractivity contribution is 7.89. The summed E-state index contributed by atoms with van der Waals surface area (Å²) in [7, 11) is -2.03. The quantitative estimate of drug-likeness (QED) is 0.611. The van der Waals surface area contributed by atoms with Crippen LogP contribution in [0.15, 0.2) is 47.4 Å². The number of piperidine rings is 1. The molecule has 1 aliphatic rings. The predicted octanol–water partition coefficient (Wildman–Crippen LogP) is 2.82. The number of benzene rings is 2. The van der Waals surface area contributed by atoms with Crippen LogP contribution in [0.2, 0.25) is 0 Å². The Morgan fingerprint density at radius 1 is 0.970 bits per heavy atom. The Hall–Kier alpha value is -2.82. The number of rotatable bonds is 8. The summed E-state index contributed by atoms with van der Waals surface area (Å²) in [6.45, 7) is 2.57. The lowest BCUT2D eigenvalue weighted by Gasteiger charge is -2.26. The van der Waals surface area contributed by atoms with Crippen molar-refractivity contribution in [2.75, 3.05) is 43.9 Å². The van der Waals surface area contributed by atoms with Gasteiger partial charge in [-0.05, 0) is 62.7 Å². The molecule has 0 unspecified atom stereocenters. The van der Waals surface area contributed by atoms with Gasteiger partial charge in [-0.1, -0.05) is 18.6 Å². The minimum absolute atomic E-state index is 0.0770. The van der Waals surface area contributed by atoms with E-state index in [1.165, 1.54) is 33.5 Å². The van der Waals surface area contributed by atoms with Gasteiger partial charge in [0.15, 0.2) is 0 Å². The van der Waals surface area contributed by atoms with Crippen molar-refractivity contribution in [2.45, 2.75) is 31.1 Å². The van der Waals surface area contributed by atoms with Crippen LogP contribution in [0.25, 0.3) is 0 Å². The Morgan fingerprint density at radius 3 is 2.18 bits per heavy atom. The highest BCUT2D eigenvalue weighted by atomic mass is 32.2. The van der Waals surface area contributed by atoms with Gasteiger partial charge in [0.05, 0.1) is 18.0 Å². The summed E-state index contributed by atoms with van der Waals surface area (Å²) in [5, 5.41) is 5.28. The fourth-order valence-corrected chi connectivity index (χ4v) is 5.48. The van der Waals surface area contributed by atoms with E-state index in [2.05, 4.69) is 10.6 Å². The van der Waals surface area contributed by atoms with E-state index in [1.807, 2.05) is 0 Å². The maximum Gasteiger partial charge on any atom is 0.243 e. The summed E-state index contributed by atoms with van der Waals surface area (Å²) in [5.41, 5.74) is 1.32. The van der Waals surface area contributed by atoms with Crippen LogP contribution in [0.1, 0.15) is 24.8 Å². The molecular formula is C23H29FN4O4S. The molecule has 1 saturated heterocycles. The number of amides is 2. The Morgan fingerprint density at radius 2 is 1.58 bits per heavy atom. The van der Waals surface area contributed by atoms with E-state index in [-0.39, 0.29) is 29.8 Å². The van der Waals surface area contributed by atoms with Crippen molar-refractivity contribution in [3.05, 3.63) is 53.8 Å². The zero-order valence-corrected chi connectivity index (χ0v) is 19.6. The Balaban J connectivity index is 1.58. The molecule has 0 spiro atoms. The molecule has 3 rings (SSSR count). The first-order valence-electron chi connectivity index (χ1n) is 10.8. The molecule has 0 aliphatic carbocycles. The molecule has 2 amide bonds. The SMILES string of the molecule is Cc1ccc(NC(=O)CN(C)CC(=O)Nc2cccc(F)c2)cc1S(=O)(=O)N1CCCCC1. The molecule has 1 fully saturated rings. The van der Waals surface area contributed by atoms with Crippen LogP contribution in [0.5, 0.6) is 0 Å². The summed E-state index contributed by atoms with van der Waals surface area (Å²) in [5.74, 6) is -1.23. The van der Waals surface area contributed by atoms with Gasteiger partial charge in [-0.2, -0.15) is 4.31 Å². The smallest absolute Gasteiger partial charge is 0.243 e. The summed E-state index contributed by atoms with van der Waals surface area (Å²) >= 11 is 0. The molecule has 8 nitrogen and oxygen atoms in total. The lowest BCUT2D eigenvalue weighted by Crippen LogP contribution is -2.36. The zero-order chi connectivity index (χ0) is 24.0. The molecule has 0 bridgehead atoms. The number of aryl methyl sites for hydroxylation is 1. The standard InChI is InChI=1S/C23H29FN4O4S/c1-17-9-10-20(14-21(17)33(31,32)28-11-4-3-5-12-28)26-23(30)16-27(2)15-22(29)25-19-8-6-7-18(24)13-19/h6-10,13-14H,3-5,11-12,15-16H2,1-2H3,(H,25,29)(H,26,30). The van der Waals surface area contributed by atoms with Gasteiger partial charge < -0.3 is 10.6 Å². The number of hydrogen-bond donors (Lipinski definition) is 2. The molecule has 10 heteroatoms. The van der Waals surface area contributed by atoms with Crippen LogP contribution in [0.4, 0.5) is 15.8 Å². The normalized spacial score (nSPS) is 14.8. The van der Waals surface area contributed by atoms with Crippen molar-refractivity contribution in [2.24, 2.45) is 0 Å². The zero-order valence-electron chi connectivity index (χ0n) is 18.8. The molecule has 2 aromatic rings. The van der Waals surface area contributed by atoms with Gasteiger partial charge in [-0.15, -0.1) is 0 Å². The number of likely N-dealkylation sites (N-methyl/N-ethyl adjacent to an activating group) is 1. The van der Waals surface area contributed by atoms with Crippen molar-refractivity contribution in [1.82, 2.24) is 9.21 Å². The first-order chi connectivity index (χ1) is 15.6. The van der Waals surface area contributed by atoms with E-state index in [0.717, 1.165) is 19.3 Å². The molecule has 1 aliphatic heterocycles. The Labute approximate surface area is 193 Å². The first kappa shape index (κ1) is 24.8. The second kappa shape index (κ2) is 10.9. The molecule has 178 valence electrons. The fourth-order valence-electron chi connectivity index (χ4n) is 3.71. The van der Waals surface area contributed by atoms with E-state index in [9.17, 15) is 22.4 Å². The summed E-state index contributed by atoms with van der Waals surface area (Å²) in [6.07, 6.45) is 2.70. The van der Waals surface area contributed by atoms with Crippen molar-refractivity contribution < 1.29 is 22.4 Å². The summed E-state index contributed by atoms with van der Waals surface area (Å²) in [6, 6.07) is 10.3. The summed E-state index contributed by atoms with van der Waals surface area (Å²) in [4.78, 5) is 26.3. The average molecular weight is 477 g/mol. The minimum Gasteiger partial charge on any atom is -0.325 e. The van der Waals surface area contributed by atoms with E-state index >= 15 is 0 Å². The molecule has 2 aromatic carbocycles. The third-order valence-corrected chi connectivity index (χ3v) is 7.38. The number of nitrogens with one attached hydrogen (secondary N) is 2. The number of anilines is 2. The fraction of sp³-hybridized carbons (Fsp3) is 0.391. The third-order valence-electron chi connectivity index (χ3n) is 5.34. The van der Waals surface area contributed by atoms with Crippen LogP contribution in [-0.2, 0) is 19.6 Å². The maximum atomic E-state index is 13.2. The van der Waals surface area contributed by atoms with Crippen molar-refractivity contribution >= 4 is 33.2 Å². The number of carbonyl (C=O) groups is 2. The van der Waals surface area contributed by atoms with Crippen LogP contribution >= 0.6 is 0 Å². The van der Waals surface area contributed by atoms with Gasteiger partial charge in [0.2, 0.25) is 21.8 Å². The summed E-state index contributed by atoms with van der Waals surface area (Å²) < 4.78 is 40.8. The molecule has 0 atom stereocenters. The topological polar surface area (TPSA) is 98.8 Å². The van der Waals surface area contributed by atoms with Crippen LogP contribution in [0, 0.1) is 12.7 Å². The van der Waals surface area contributed by atoms with Gasteiger partial charge in [0.1, 0.15) is 5.82 Å². The molecule has 33 heavy (non-hydrogen) atoms. The van der Waals surface area contributed by atoms with Gasteiger partial charge in [0.25, 0.3) is 0 Å². The lowest BCUT2D eigenvalue weighted by molar-refractivity contribution is -0.119. The molecule has 0 radical (unpaired) electrons. The van der Waals surface area contributed by atoms with Crippen LogP contribution in [0.3, 0.4) is 0 Å². The molecule has 1 heterocycles. The highest BCUT2D eigenvalue weighted by Gasteiger charge is 2.27. The lowest BCUT2D eigenvalue weighted by atomic mass is 10.2. The largest absolute Gasteiger partial charge is 0.325 e. The van der Waals surface area contributed by atoms with E-state index in [0.29, 0.717) is 30.0 Å². The van der Waals surface area contributed by atoms with Crippen molar-refractivity contribution in [3.8, 4) is 0 Å². The second-order valence-corrected chi connectivity index (χ2v) is 10.1. The average Bonchev–Trinajstić information content (AvgIpc) is 2.75. The number of carbonyl (C=O) groups excluding carboxylic acids is 2. The monoisotopic (exact) mass is 476 g/mol. The number of sulfonamides is 1. The predicted molar refractivity (Wildman–Crippen MR) is 125 cm³/mol. The third kappa shape index (κ3) is 6.83. The van der Waals surface area contributed by atoms with Gasteiger partial charge in [-0.25, -0.2) is 12.8 Å². The van der Waals surface area contributed by atoms with Crippen molar-refractivity contribution in [1.29, 1.82) is 0 Å². The van der Waals surface area contributed by atoms with Gasteiger partial charge in [0, 0.05) is 24.5 Å². The highest BCUT2D eigenvalue weighted by Crippen LogP contribution is 2.26. The first-order valence-corrected chi connectivity index (χ1v) is 12.2. The van der Waals surface area contributed by atoms with Gasteiger partial charge in [-0.3, -0.25) is 14.5 Å². The molecule has 0 saturated carbocycles. The second-order valence-electron chi connectivity index (χ2n) is 8.22. The Bertz CT molecular complexity index is 1120. The number of hydrogen-bond acceptors (Lipinski definition) is 5.